The van der Waals surface area contributed by atoms with Gasteiger partial charge in [-0.15, -0.1) is 0 Å². The van der Waals surface area contributed by atoms with Crippen LogP contribution in [0.2, 0.25) is 0 Å². The third kappa shape index (κ3) is 3.13. The maximum Gasteiger partial charge on any atom is 0.287 e. The van der Waals surface area contributed by atoms with Gasteiger partial charge in [0.25, 0.3) is 11.5 Å². The summed E-state index contributed by atoms with van der Waals surface area (Å²) in [5, 5.41) is 3.04. The number of carbonyl (C=O) groups excluding carboxylic acids is 1. The van der Waals surface area contributed by atoms with E-state index in [1.54, 1.807) is 30.5 Å². The molecule has 1 aromatic carbocycles. The predicted molar refractivity (Wildman–Crippen MR) is 93.5 cm³/mol. The van der Waals surface area contributed by atoms with E-state index in [9.17, 15) is 9.59 Å². The van der Waals surface area contributed by atoms with Gasteiger partial charge in [-0.25, -0.2) is 0 Å². The molecule has 1 N–H and O–H groups in total. The molecule has 0 spiro atoms. The van der Waals surface area contributed by atoms with Crippen LogP contribution in [0, 0.1) is 0 Å². The normalized spacial score (nSPS) is 15.8. The fourth-order valence-electron chi connectivity index (χ4n) is 3.28. The van der Waals surface area contributed by atoms with Crippen molar-refractivity contribution in [2.75, 3.05) is 0 Å². The number of nitrogens with zero attached hydrogens (tertiary/aromatic N) is 1. The Labute approximate surface area is 144 Å². The molecule has 2 aromatic heterocycles. The average molecular weight is 334 g/mol. The molecule has 0 bridgehead atoms. The number of aromatic nitrogens is 1. The number of fused-ring (bicyclic) bond motifs is 1. The largest absolute Gasteiger partial charge is 0.454 e. The van der Waals surface area contributed by atoms with Crippen LogP contribution in [0.15, 0.2) is 70.0 Å². The van der Waals surface area contributed by atoms with Crippen LogP contribution in [0.4, 0.5) is 0 Å². The Morgan fingerprint density at radius 1 is 1.12 bits per heavy atom. The standard InChI is InChI=1S/C20H18N2O3/c23-19-7-3-4-12-22(19)13-15-9-11-18(25-15)20(24)21-17-10-8-14-5-1-2-6-16(14)17/h1-7,9,11-12,17H,8,10,13H2,(H,21,24). The first-order valence-corrected chi connectivity index (χ1v) is 8.33. The van der Waals surface area contributed by atoms with E-state index in [1.807, 2.05) is 12.1 Å². The second-order valence-corrected chi connectivity index (χ2v) is 6.20. The summed E-state index contributed by atoms with van der Waals surface area (Å²) in [5.41, 5.74) is 2.36. The smallest absolute Gasteiger partial charge is 0.287 e. The van der Waals surface area contributed by atoms with Gasteiger partial charge in [0.15, 0.2) is 5.76 Å². The third-order valence-corrected chi connectivity index (χ3v) is 4.55. The van der Waals surface area contributed by atoms with Gasteiger partial charge >= 0.3 is 0 Å². The molecule has 0 aliphatic heterocycles. The molecular formula is C20H18N2O3. The number of rotatable bonds is 4. The molecule has 1 aliphatic carbocycles. The van der Waals surface area contributed by atoms with Crippen molar-refractivity contribution in [2.24, 2.45) is 0 Å². The number of furan rings is 1. The topological polar surface area (TPSA) is 64.2 Å². The zero-order valence-corrected chi connectivity index (χ0v) is 13.6. The van der Waals surface area contributed by atoms with E-state index < -0.39 is 0 Å². The van der Waals surface area contributed by atoms with Crippen LogP contribution in [0.1, 0.15) is 39.9 Å². The van der Waals surface area contributed by atoms with Crippen molar-refractivity contribution in [3.05, 3.63) is 93.8 Å². The van der Waals surface area contributed by atoms with Gasteiger partial charge in [0, 0.05) is 12.3 Å². The number of pyridine rings is 1. The van der Waals surface area contributed by atoms with E-state index >= 15 is 0 Å². The van der Waals surface area contributed by atoms with Crippen LogP contribution in [-0.2, 0) is 13.0 Å². The highest BCUT2D eigenvalue weighted by molar-refractivity contribution is 5.91. The predicted octanol–water partition coefficient (Wildman–Crippen LogP) is 2.91. The van der Waals surface area contributed by atoms with E-state index in [2.05, 4.69) is 17.4 Å². The highest BCUT2D eigenvalue weighted by atomic mass is 16.4. The molecule has 3 aromatic rings. The van der Waals surface area contributed by atoms with Gasteiger partial charge in [0.1, 0.15) is 5.76 Å². The van der Waals surface area contributed by atoms with Gasteiger partial charge in [0.2, 0.25) is 0 Å². The molecular weight excluding hydrogens is 316 g/mol. The lowest BCUT2D eigenvalue weighted by Crippen LogP contribution is -2.26. The molecule has 5 nitrogen and oxygen atoms in total. The minimum atomic E-state index is -0.228. The fraction of sp³-hybridized carbons (Fsp3) is 0.200. The number of amides is 1. The van der Waals surface area contributed by atoms with Gasteiger partial charge in [0.05, 0.1) is 12.6 Å². The van der Waals surface area contributed by atoms with Crippen molar-refractivity contribution in [3.63, 3.8) is 0 Å². The zero-order chi connectivity index (χ0) is 17.2. The summed E-state index contributed by atoms with van der Waals surface area (Å²) in [4.78, 5) is 24.2. The van der Waals surface area contributed by atoms with Crippen molar-refractivity contribution in [1.82, 2.24) is 9.88 Å². The quantitative estimate of drug-likeness (QED) is 0.798. The fourth-order valence-corrected chi connectivity index (χ4v) is 3.28. The Hall–Kier alpha value is -3.08. The molecule has 1 aliphatic rings. The molecule has 4 rings (SSSR count). The molecule has 0 saturated carbocycles. The molecule has 1 amide bonds. The van der Waals surface area contributed by atoms with Crippen molar-refractivity contribution < 1.29 is 9.21 Å². The van der Waals surface area contributed by atoms with Gasteiger partial charge in [-0.2, -0.15) is 0 Å². The van der Waals surface area contributed by atoms with E-state index in [0.29, 0.717) is 12.3 Å². The summed E-state index contributed by atoms with van der Waals surface area (Å²) >= 11 is 0. The van der Waals surface area contributed by atoms with Gasteiger partial charge in [-0.05, 0) is 42.2 Å². The van der Waals surface area contributed by atoms with E-state index in [0.717, 1.165) is 12.8 Å². The van der Waals surface area contributed by atoms with Crippen molar-refractivity contribution in [2.45, 2.75) is 25.4 Å². The Kier molecular flexibility index (Phi) is 3.98. The van der Waals surface area contributed by atoms with Crippen LogP contribution in [0.3, 0.4) is 0 Å². The molecule has 5 heteroatoms. The summed E-state index contributed by atoms with van der Waals surface area (Å²) in [6, 6.07) is 16.6. The molecule has 2 heterocycles. The second kappa shape index (κ2) is 6.43. The van der Waals surface area contributed by atoms with Gasteiger partial charge in [-0.3, -0.25) is 9.59 Å². The minimum Gasteiger partial charge on any atom is -0.454 e. The lowest BCUT2D eigenvalue weighted by Gasteiger charge is -2.12. The lowest BCUT2D eigenvalue weighted by molar-refractivity contribution is 0.0906. The maximum absolute atomic E-state index is 12.5. The number of hydrogen-bond acceptors (Lipinski definition) is 3. The molecule has 1 unspecified atom stereocenters. The maximum atomic E-state index is 12.5. The van der Waals surface area contributed by atoms with Crippen LogP contribution in [-0.4, -0.2) is 10.5 Å². The van der Waals surface area contributed by atoms with Crippen molar-refractivity contribution in [1.29, 1.82) is 0 Å². The monoisotopic (exact) mass is 334 g/mol. The summed E-state index contributed by atoms with van der Waals surface area (Å²) in [6.07, 6.45) is 3.57. The zero-order valence-electron chi connectivity index (χ0n) is 13.6. The van der Waals surface area contributed by atoms with Crippen LogP contribution < -0.4 is 10.9 Å². The van der Waals surface area contributed by atoms with Gasteiger partial charge < -0.3 is 14.3 Å². The number of benzene rings is 1. The van der Waals surface area contributed by atoms with Crippen LogP contribution >= 0.6 is 0 Å². The minimum absolute atomic E-state index is 0.0222. The highest BCUT2D eigenvalue weighted by Crippen LogP contribution is 2.30. The average Bonchev–Trinajstić information content (AvgIpc) is 3.25. The summed E-state index contributed by atoms with van der Waals surface area (Å²) in [5.74, 6) is 0.613. The first kappa shape index (κ1) is 15.4. The molecule has 0 fully saturated rings. The number of carbonyl (C=O) groups is 1. The van der Waals surface area contributed by atoms with Crippen LogP contribution in [0.25, 0.3) is 0 Å². The number of aryl methyl sites for hydroxylation is 1. The Bertz CT molecular complexity index is 971. The highest BCUT2D eigenvalue weighted by Gasteiger charge is 2.24. The first-order chi connectivity index (χ1) is 12.2. The third-order valence-electron chi connectivity index (χ3n) is 4.55. The second-order valence-electron chi connectivity index (χ2n) is 6.20. The van der Waals surface area contributed by atoms with E-state index in [4.69, 9.17) is 4.42 Å². The molecule has 25 heavy (non-hydrogen) atoms. The Morgan fingerprint density at radius 3 is 2.84 bits per heavy atom. The summed E-state index contributed by atoms with van der Waals surface area (Å²) in [7, 11) is 0. The van der Waals surface area contributed by atoms with Crippen LogP contribution in [0.5, 0.6) is 0 Å². The molecule has 0 radical (unpaired) electrons. The number of hydrogen-bond donors (Lipinski definition) is 1. The molecule has 0 saturated heterocycles. The Morgan fingerprint density at radius 2 is 1.96 bits per heavy atom. The summed E-state index contributed by atoms with van der Waals surface area (Å²) < 4.78 is 7.17. The molecule has 1 atom stereocenters. The Balaban J connectivity index is 1.46. The number of nitrogens with one attached hydrogen (secondary N) is 1. The van der Waals surface area contributed by atoms with E-state index in [-0.39, 0.29) is 23.3 Å². The van der Waals surface area contributed by atoms with E-state index in [1.165, 1.54) is 21.8 Å². The lowest BCUT2D eigenvalue weighted by atomic mass is 10.1. The van der Waals surface area contributed by atoms with Gasteiger partial charge in [-0.1, -0.05) is 30.3 Å². The van der Waals surface area contributed by atoms with Crippen molar-refractivity contribution in [3.8, 4) is 0 Å². The first-order valence-electron chi connectivity index (χ1n) is 8.33. The summed E-state index contributed by atoms with van der Waals surface area (Å²) in [6.45, 7) is 0.305. The SMILES string of the molecule is O=C(NC1CCc2ccccc21)c1ccc(Cn2ccccc2=O)o1. The molecule has 126 valence electrons. The van der Waals surface area contributed by atoms with Crippen molar-refractivity contribution >= 4 is 5.91 Å².